The molecule has 1 unspecified atom stereocenters. The maximum absolute atomic E-state index is 12.5. The van der Waals surface area contributed by atoms with E-state index in [9.17, 15) is 4.79 Å². The number of benzene rings is 1. The van der Waals surface area contributed by atoms with Gasteiger partial charge >= 0.3 is 0 Å². The molecule has 1 aromatic carbocycles. The van der Waals surface area contributed by atoms with Crippen LogP contribution in [-0.4, -0.2) is 28.8 Å². The molecule has 0 radical (unpaired) electrons. The van der Waals surface area contributed by atoms with Crippen LogP contribution in [-0.2, 0) is 4.79 Å². The van der Waals surface area contributed by atoms with Gasteiger partial charge in [0.2, 0.25) is 5.91 Å². The van der Waals surface area contributed by atoms with Gasteiger partial charge < -0.3 is 10.6 Å². The number of rotatable bonds is 4. The Hall–Kier alpha value is -2.14. The van der Waals surface area contributed by atoms with Crippen molar-refractivity contribution in [2.24, 2.45) is 11.8 Å². The van der Waals surface area contributed by atoms with E-state index >= 15 is 0 Å². The maximum atomic E-state index is 12.5. The summed E-state index contributed by atoms with van der Waals surface area (Å²) < 4.78 is 1.88. The van der Waals surface area contributed by atoms with Crippen molar-refractivity contribution in [1.82, 2.24) is 15.1 Å². The zero-order valence-electron chi connectivity index (χ0n) is 13.3. The first-order chi connectivity index (χ1) is 10.6. The third-order valence-corrected chi connectivity index (χ3v) is 4.33. The molecule has 2 heterocycles. The minimum Gasteiger partial charge on any atom is -0.324 e. The van der Waals surface area contributed by atoms with Crippen molar-refractivity contribution in [3.63, 3.8) is 0 Å². The lowest BCUT2D eigenvalue weighted by molar-refractivity contribution is -0.121. The lowest BCUT2D eigenvalue weighted by Crippen LogP contribution is -2.48. The SMILES string of the molecule is Cc1cc(C)n(-c2ccccc2NC(=O)C(C)C2CNC2)n1. The Morgan fingerprint density at radius 1 is 1.36 bits per heavy atom. The number of anilines is 1. The third kappa shape index (κ3) is 2.76. The van der Waals surface area contributed by atoms with E-state index in [1.165, 1.54) is 0 Å². The maximum Gasteiger partial charge on any atom is 0.227 e. The van der Waals surface area contributed by atoms with Crippen LogP contribution in [0, 0.1) is 25.7 Å². The highest BCUT2D eigenvalue weighted by Gasteiger charge is 2.29. The number of nitrogens with zero attached hydrogens (tertiary/aromatic N) is 2. The van der Waals surface area contributed by atoms with Gasteiger partial charge in [-0.1, -0.05) is 19.1 Å². The molecule has 2 N–H and O–H groups in total. The highest BCUT2D eigenvalue weighted by Crippen LogP contribution is 2.24. The van der Waals surface area contributed by atoms with Crippen molar-refractivity contribution in [3.8, 4) is 5.69 Å². The molecular formula is C17H22N4O. The van der Waals surface area contributed by atoms with Crippen molar-refractivity contribution in [2.45, 2.75) is 20.8 Å². The van der Waals surface area contributed by atoms with Crippen molar-refractivity contribution in [3.05, 3.63) is 41.7 Å². The van der Waals surface area contributed by atoms with Crippen molar-refractivity contribution >= 4 is 11.6 Å². The van der Waals surface area contributed by atoms with E-state index in [1.54, 1.807) is 0 Å². The van der Waals surface area contributed by atoms with Gasteiger partial charge in [0, 0.05) is 11.6 Å². The number of carbonyl (C=O) groups excluding carboxylic acids is 1. The first-order valence-corrected chi connectivity index (χ1v) is 7.70. The molecule has 1 fully saturated rings. The predicted octanol–water partition coefficient (Wildman–Crippen LogP) is 2.28. The Morgan fingerprint density at radius 3 is 2.68 bits per heavy atom. The minimum atomic E-state index is 0.00904. The summed E-state index contributed by atoms with van der Waals surface area (Å²) in [4.78, 5) is 12.5. The van der Waals surface area contributed by atoms with Crippen molar-refractivity contribution in [1.29, 1.82) is 0 Å². The Morgan fingerprint density at radius 2 is 2.09 bits per heavy atom. The summed E-state index contributed by atoms with van der Waals surface area (Å²) in [6.45, 7) is 7.83. The predicted molar refractivity (Wildman–Crippen MR) is 87.2 cm³/mol. The summed E-state index contributed by atoms with van der Waals surface area (Å²) >= 11 is 0. The lowest BCUT2D eigenvalue weighted by Gasteiger charge is -2.31. The van der Waals surface area contributed by atoms with Crippen LogP contribution < -0.4 is 10.6 Å². The summed E-state index contributed by atoms with van der Waals surface area (Å²) in [5, 5.41) is 10.8. The molecule has 5 heteroatoms. The van der Waals surface area contributed by atoms with E-state index in [0.717, 1.165) is 35.9 Å². The average Bonchev–Trinajstić information content (AvgIpc) is 2.76. The first-order valence-electron chi connectivity index (χ1n) is 7.70. The molecule has 0 spiro atoms. The monoisotopic (exact) mass is 298 g/mol. The molecule has 1 atom stereocenters. The van der Waals surface area contributed by atoms with Gasteiger partial charge in [-0.15, -0.1) is 0 Å². The Bertz CT molecular complexity index is 688. The number of nitrogens with one attached hydrogen (secondary N) is 2. The number of aryl methyl sites for hydroxylation is 2. The van der Waals surface area contributed by atoms with Gasteiger partial charge in [0.05, 0.1) is 17.1 Å². The molecule has 5 nitrogen and oxygen atoms in total. The van der Waals surface area contributed by atoms with Gasteiger partial charge in [-0.2, -0.15) is 5.10 Å². The third-order valence-electron chi connectivity index (χ3n) is 4.33. The molecule has 1 aliphatic heterocycles. The number of amides is 1. The molecule has 116 valence electrons. The van der Waals surface area contributed by atoms with E-state index in [2.05, 4.69) is 15.7 Å². The van der Waals surface area contributed by atoms with Crippen LogP contribution in [0.1, 0.15) is 18.3 Å². The molecule has 1 aliphatic rings. The fourth-order valence-corrected chi connectivity index (χ4v) is 2.76. The number of para-hydroxylation sites is 2. The van der Waals surface area contributed by atoms with Gasteiger partial charge in [-0.05, 0) is 51.1 Å². The average molecular weight is 298 g/mol. The van der Waals surface area contributed by atoms with Gasteiger partial charge in [0.1, 0.15) is 0 Å². The highest BCUT2D eigenvalue weighted by molar-refractivity contribution is 5.94. The molecule has 2 aromatic rings. The Balaban J connectivity index is 1.85. The molecule has 1 aromatic heterocycles. The largest absolute Gasteiger partial charge is 0.324 e. The smallest absolute Gasteiger partial charge is 0.227 e. The Kier molecular flexibility index (Phi) is 3.98. The van der Waals surface area contributed by atoms with Crippen molar-refractivity contribution < 1.29 is 4.79 Å². The van der Waals surface area contributed by atoms with Crippen LogP contribution in [0.4, 0.5) is 5.69 Å². The summed E-state index contributed by atoms with van der Waals surface area (Å²) in [7, 11) is 0. The quantitative estimate of drug-likeness (QED) is 0.910. The lowest BCUT2D eigenvalue weighted by atomic mass is 9.88. The normalized spacial score (nSPS) is 16.1. The van der Waals surface area contributed by atoms with E-state index in [4.69, 9.17) is 0 Å². The number of hydrogen-bond donors (Lipinski definition) is 2. The minimum absolute atomic E-state index is 0.00904. The summed E-state index contributed by atoms with van der Waals surface area (Å²) in [5.41, 5.74) is 3.72. The summed E-state index contributed by atoms with van der Waals surface area (Å²) in [6.07, 6.45) is 0. The van der Waals surface area contributed by atoms with E-state index < -0.39 is 0 Å². The summed E-state index contributed by atoms with van der Waals surface area (Å²) in [5.74, 6) is 0.510. The zero-order chi connectivity index (χ0) is 15.7. The van der Waals surface area contributed by atoms with Gasteiger partial charge in [0.15, 0.2) is 0 Å². The molecule has 3 rings (SSSR count). The summed E-state index contributed by atoms with van der Waals surface area (Å²) in [6, 6.07) is 9.82. The topological polar surface area (TPSA) is 59.0 Å². The molecular weight excluding hydrogens is 276 g/mol. The van der Waals surface area contributed by atoms with Crippen LogP contribution in [0.3, 0.4) is 0 Å². The van der Waals surface area contributed by atoms with Gasteiger partial charge in [-0.25, -0.2) is 4.68 Å². The standard InChI is InChI=1S/C17H22N4O/c1-11-8-12(2)21(20-11)16-7-5-4-6-15(16)19-17(22)13(3)14-9-18-10-14/h4-8,13-14,18H,9-10H2,1-3H3,(H,19,22). The molecule has 0 saturated carbocycles. The second kappa shape index (κ2) is 5.93. The number of carbonyl (C=O) groups is 1. The van der Waals surface area contributed by atoms with Crippen LogP contribution in [0.15, 0.2) is 30.3 Å². The second-order valence-corrected chi connectivity index (χ2v) is 6.05. The number of hydrogen-bond acceptors (Lipinski definition) is 3. The Labute approximate surface area is 130 Å². The molecule has 1 saturated heterocycles. The van der Waals surface area contributed by atoms with E-state index in [-0.39, 0.29) is 11.8 Å². The fraction of sp³-hybridized carbons (Fsp3) is 0.412. The molecule has 0 bridgehead atoms. The molecule has 22 heavy (non-hydrogen) atoms. The van der Waals surface area contributed by atoms with Crippen LogP contribution in [0.2, 0.25) is 0 Å². The fourth-order valence-electron chi connectivity index (χ4n) is 2.76. The highest BCUT2D eigenvalue weighted by atomic mass is 16.1. The van der Waals surface area contributed by atoms with Crippen LogP contribution in [0.5, 0.6) is 0 Å². The van der Waals surface area contributed by atoms with E-state index in [0.29, 0.717) is 5.92 Å². The molecule has 0 aliphatic carbocycles. The first kappa shape index (κ1) is 14.8. The number of aromatic nitrogens is 2. The second-order valence-electron chi connectivity index (χ2n) is 6.05. The van der Waals surface area contributed by atoms with Gasteiger partial charge in [-0.3, -0.25) is 4.79 Å². The van der Waals surface area contributed by atoms with Crippen LogP contribution >= 0.6 is 0 Å². The van der Waals surface area contributed by atoms with Crippen molar-refractivity contribution in [2.75, 3.05) is 18.4 Å². The van der Waals surface area contributed by atoms with E-state index in [1.807, 2.05) is 55.8 Å². The van der Waals surface area contributed by atoms with Gasteiger partial charge in [0.25, 0.3) is 0 Å². The van der Waals surface area contributed by atoms with Crippen LogP contribution in [0.25, 0.3) is 5.69 Å². The zero-order valence-corrected chi connectivity index (χ0v) is 13.3. The molecule has 1 amide bonds.